The first kappa shape index (κ1) is 15.3. The van der Waals surface area contributed by atoms with Crippen LogP contribution in [0.15, 0.2) is 41.3 Å². The van der Waals surface area contributed by atoms with Crippen LogP contribution >= 0.6 is 23.2 Å². The predicted octanol–water partition coefficient (Wildman–Crippen LogP) is 3.60. The zero-order valence-electron chi connectivity index (χ0n) is 10.5. The van der Waals surface area contributed by atoms with Crippen LogP contribution < -0.4 is 0 Å². The highest BCUT2D eigenvalue weighted by molar-refractivity contribution is 7.86. The molecule has 4 nitrogen and oxygen atoms in total. The summed E-state index contributed by atoms with van der Waals surface area (Å²) < 4.78 is 28.9. The van der Waals surface area contributed by atoms with Gasteiger partial charge in [-0.25, -0.2) is 4.98 Å². The van der Waals surface area contributed by atoms with E-state index in [1.165, 1.54) is 18.2 Å². The summed E-state index contributed by atoms with van der Waals surface area (Å²) in [6.07, 6.45) is 0. The molecule has 0 radical (unpaired) electrons. The van der Waals surface area contributed by atoms with Crippen LogP contribution in [0.2, 0.25) is 10.3 Å². The van der Waals surface area contributed by atoms with E-state index < -0.39 is 10.1 Å². The number of nitrogens with zero attached hydrogens (tertiary/aromatic N) is 1. The highest BCUT2D eigenvalue weighted by Gasteiger charge is 2.16. The van der Waals surface area contributed by atoms with Gasteiger partial charge in [0.2, 0.25) is 0 Å². The fourth-order valence-electron chi connectivity index (χ4n) is 1.46. The van der Waals surface area contributed by atoms with E-state index >= 15 is 0 Å². The highest BCUT2D eigenvalue weighted by Crippen LogP contribution is 2.20. The smallest absolute Gasteiger partial charge is 0.261 e. The summed E-state index contributed by atoms with van der Waals surface area (Å²) in [6.45, 7) is 1.68. The zero-order valence-corrected chi connectivity index (χ0v) is 12.8. The third kappa shape index (κ3) is 3.70. The number of rotatable bonds is 4. The maximum absolute atomic E-state index is 12.0. The van der Waals surface area contributed by atoms with Crippen LogP contribution in [0.3, 0.4) is 0 Å². The summed E-state index contributed by atoms with van der Waals surface area (Å²) in [5.74, 6) is 0. The van der Waals surface area contributed by atoms with E-state index in [1.54, 1.807) is 18.2 Å². The van der Waals surface area contributed by atoms with Gasteiger partial charge in [0.05, 0.1) is 11.5 Å². The Labute approximate surface area is 127 Å². The van der Waals surface area contributed by atoms with E-state index in [-0.39, 0.29) is 21.8 Å². The molecule has 0 amide bonds. The summed E-state index contributed by atoms with van der Waals surface area (Å²) in [5, 5.41) is 0.358. The van der Waals surface area contributed by atoms with Gasteiger partial charge in [0.1, 0.15) is 10.3 Å². The Kier molecular flexibility index (Phi) is 4.65. The van der Waals surface area contributed by atoms with Crippen LogP contribution in [0.4, 0.5) is 0 Å². The Balaban J connectivity index is 2.15. The molecule has 0 spiro atoms. The molecule has 0 aliphatic rings. The number of benzene rings is 1. The summed E-state index contributed by atoms with van der Waals surface area (Å²) in [5.41, 5.74) is 1.42. The number of halogens is 2. The molecule has 1 heterocycles. The normalized spacial score (nSPS) is 11.6. The first-order chi connectivity index (χ1) is 9.38. The van der Waals surface area contributed by atoms with Gasteiger partial charge in [-0.2, -0.15) is 8.42 Å². The molecule has 2 aromatic rings. The van der Waals surface area contributed by atoms with E-state index in [4.69, 9.17) is 27.4 Å². The molecule has 0 aliphatic carbocycles. The number of aryl methyl sites for hydroxylation is 1. The van der Waals surface area contributed by atoms with Crippen LogP contribution in [0, 0.1) is 6.92 Å². The lowest BCUT2D eigenvalue weighted by molar-refractivity contribution is 0.307. The number of pyridine rings is 1. The van der Waals surface area contributed by atoms with Crippen molar-refractivity contribution in [2.24, 2.45) is 0 Å². The molecule has 7 heteroatoms. The molecule has 0 saturated carbocycles. The lowest BCUT2D eigenvalue weighted by Crippen LogP contribution is -2.07. The lowest BCUT2D eigenvalue weighted by atomic mass is 10.2. The Morgan fingerprint density at radius 3 is 2.35 bits per heavy atom. The molecule has 1 aromatic carbocycles. The average Bonchev–Trinajstić information content (AvgIpc) is 2.38. The van der Waals surface area contributed by atoms with E-state index in [0.29, 0.717) is 5.56 Å². The van der Waals surface area contributed by atoms with Crippen LogP contribution in [0.1, 0.15) is 11.1 Å². The molecule has 0 aliphatic heterocycles. The minimum Gasteiger partial charge on any atom is -0.261 e. The van der Waals surface area contributed by atoms with Crippen molar-refractivity contribution in [3.63, 3.8) is 0 Å². The predicted molar refractivity (Wildman–Crippen MR) is 77.4 cm³/mol. The first-order valence-corrected chi connectivity index (χ1v) is 7.82. The van der Waals surface area contributed by atoms with E-state index in [1.807, 2.05) is 6.92 Å². The maximum atomic E-state index is 12.0. The molecule has 0 saturated heterocycles. The van der Waals surface area contributed by atoms with Gasteiger partial charge >= 0.3 is 0 Å². The van der Waals surface area contributed by atoms with Crippen molar-refractivity contribution in [3.8, 4) is 0 Å². The van der Waals surface area contributed by atoms with E-state index in [0.717, 1.165) is 5.56 Å². The minimum atomic E-state index is -3.82. The van der Waals surface area contributed by atoms with Crippen molar-refractivity contribution in [2.75, 3.05) is 0 Å². The summed E-state index contributed by atoms with van der Waals surface area (Å²) in [6, 6.07) is 9.48. The summed E-state index contributed by atoms with van der Waals surface area (Å²) in [7, 11) is -3.82. The lowest BCUT2D eigenvalue weighted by Gasteiger charge is -2.07. The second-order valence-electron chi connectivity index (χ2n) is 4.11. The van der Waals surface area contributed by atoms with Crippen molar-refractivity contribution < 1.29 is 12.6 Å². The molecule has 0 N–H and O–H groups in total. The van der Waals surface area contributed by atoms with Gasteiger partial charge in [0.25, 0.3) is 10.1 Å². The van der Waals surface area contributed by atoms with Gasteiger partial charge in [0, 0.05) is 5.56 Å². The van der Waals surface area contributed by atoms with Crippen LogP contribution in [0.25, 0.3) is 0 Å². The molecule has 0 fully saturated rings. The third-order valence-electron chi connectivity index (χ3n) is 2.57. The first-order valence-electron chi connectivity index (χ1n) is 5.65. The van der Waals surface area contributed by atoms with Crippen LogP contribution in [0.5, 0.6) is 0 Å². The second kappa shape index (κ2) is 6.10. The fourth-order valence-corrected chi connectivity index (χ4v) is 2.75. The van der Waals surface area contributed by atoms with E-state index in [2.05, 4.69) is 4.98 Å². The van der Waals surface area contributed by atoms with Crippen LogP contribution in [-0.4, -0.2) is 13.4 Å². The quantitative estimate of drug-likeness (QED) is 0.634. The number of aromatic nitrogens is 1. The highest BCUT2D eigenvalue weighted by atomic mass is 35.5. The molecule has 0 unspecified atom stereocenters. The maximum Gasteiger partial charge on any atom is 0.297 e. The summed E-state index contributed by atoms with van der Waals surface area (Å²) >= 11 is 11.5. The molecule has 20 heavy (non-hydrogen) atoms. The summed E-state index contributed by atoms with van der Waals surface area (Å²) in [4.78, 5) is 3.91. The third-order valence-corrected chi connectivity index (χ3v) is 4.39. The van der Waals surface area contributed by atoms with Gasteiger partial charge in [-0.05, 0) is 25.1 Å². The largest absolute Gasteiger partial charge is 0.297 e. The topological polar surface area (TPSA) is 56.3 Å². The van der Waals surface area contributed by atoms with Crippen molar-refractivity contribution in [1.29, 1.82) is 0 Å². The standard InChI is InChI=1S/C13H11Cl2NO3S/c1-9-2-5-11(6-3-9)20(17,18)19-8-10-4-7-12(14)16-13(10)15/h2-7H,8H2,1H3. The van der Waals surface area contributed by atoms with Gasteiger partial charge in [-0.15, -0.1) is 0 Å². The van der Waals surface area contributed by atoms with Crippen molar-refractivity contribution >= 4 is 33.3 Å². The van der Waals surface area contributed by atoms with Crippen molar-refractivity contribution in [1.82, 2.24) is 4.98 Å². The SMILES string of the molecule is Cc1ccc(S(=O)(=O)OCc2ccc(Cl)nc2Cl)cc1. The van der Waals surface area contributed by atoms with Crippen molar-refractivity contribution in [2.45, 2.75) is 18.4 Å². The fraction of sp³-hybridized carbons (Fsp3) is 0.154. The molecule has 0 bridgehead atoms. The molecule has 0 atom stereocenters. The van der Waals surface area contributed by atoms with Crippen molar-refractivity contribution in [3.05, 3.63) is 57.8 Å². The van der Waals surface area contributed by atoms with Gasteiger partial charge in [-0.1, -0.05) is 47.0 Å². The minimum absolute atomic E-state index is 0.0983. The molecular weight excluding hydrogens is 321 g/mol. The molecular formula is C13H11Cl2NO3S. The Morgan fingerprint density at radius 2 is 1.75 bits per heavy atom. The van der Waals surface area contributed by atoms with E-state index in [9.17, 15) is 8.42 Å². The van der Waals surface area contributed by atoms with Gasteiger partial charge in [-0.3, -0.25) is 4.18 Å². The number of hydrogen-bond acceptors (Lipinski definition) is 4. The van der Waals surface area contributed by atoms with Crippen LogP contribution in [-0.2, 0) is 20.9 Å². The second-order valence-corrected chi connectivity index (χ2v) is 6.47. The average molecular weight is 332 g/mol. The Hall–Kier alpha value is -1.14. The monoisotopic (exact) mass is 331 g/mol. The molecule has 2 rings (SSSR count). The van der Waals surface area contributed by atoms with Gasteiger partial charge in [0.15, 0.2) is 0 Å². The Morgan fingerprint density at radius 1 is 1.10 bits per heavy atom. The van der Waals surface area contributed by atoms with Gasteiger partial charge < -0.3 is 0 Å². The molecule has 1 aromatic heterocycles. The molecule has 106 valence electrons. The zero-order chi connectivity index (χ0) is 14.8. The number of hydrogen-bond donors (Lipinski definition) is 0. The Bertz CT molecular complexity index is 715.